The number of aromatic hydroxyl groups is 1. The van der Waals surface area contributed by atoms with Crippen molar-refractivity contribution in [3.05, 3.63) is 24.0 Å². The van der Waals surface area contributed by atoms with E-state index in [9.17, 15) is 13.9 Å². The lowest BCUT2D eigenvalue weighted by Crippen LogP contribution is -2.49. The second-order valence-electron chi connectivity index (χ2n) is 8.12. The summed E-state index contributed by atoms with van der Waals surface area (Å²) in [4.78, 5) is 21.9. The lowest BCUT2D eigenvalue weighted by molar-refractivity contribution is 0.0277. The van der Waals surface area contributed by atoms with Gasteiger partial charge in [0.25, 0.3) is 6.43 Å². The van der Waals surface area contributed by atoms with Gasteiger partial charge in [-0.25, -0.2) is 13.8 Å². The van der Waals surface area contributed by atoms with Crippen molar-refractivity contribution >= 4 is 22.9 Å². The summed E-state index contributed by atoms with van der Waals surface area (Å²) in [5.41, 5.74) is 0.602. The summed E-state index contributed by atoms with van der Waals surface area (Å²) in [7, 11) is 0. The molecule has 0 radical (unpaired) electrons. The third kappa shape index (κ3) is 4.04. The van der Waals surface area contributed by atoms with Crippen molar-refractivity contribution < 1.29 is 23.4 Å². The molecular formula is C21H25F2N7O3. The van der Waals surface area contributed by atoms with Gasteiger partial charge >= 0.3 is 0 Å². The van der Waals surface area contributed by atoms with Gasteiger partial charge in [-0.3, -0.25) is 4.57 Å². The van der Waals surface area contributed by atoms with E-state index in [1.54, 1.807) is 0 Å². The Morgan fingerprint density at radius 2 is 1.70 bits per heavy atom. The van der Waals surface area contributed by atoms with Gasteiger partial charge in [-0.1, -0.05) is 0 Å². The lowest BCUT2D eigenvalue weighted by Gasteiger charge is -2.38. The minimum Gasteiger partial charge on any atom is -0.508 e. The van der Waals surface area contributed by atoms with Crippen LogP contribution >= 0.6 is 0 Å². The first kappa shape index (κ1) is 21.7. The third-order valence-corrected chi connectivity index (χ3v) is 6.09. The Balaban J connectivity index is 1.69. The molecule has 2 aliphatic rings. The van der Waals surface area contributed by atoms with Gasteiger partial charge in [-0.05, 0) is 26.0 Å². The summed E-state index contributed by atoms with van der Waals surface area (Å²) in [5, 5.41) is 9.81. The van der Waals surface area contributed by atoms with Gasteiger partial charge in [-0.2, -0.15) is 15.0 Å². The number of hydrogen-bond acceptors (Lipinski definition) is 9. The molecule has 1 N–H and O–H groups in total. The molecule has 12 heteroatoms. The van der Waals surface area contributed by atoms with Gasteiger partial charge in [0.1, 0.15) is 5.75 Å². The van der Waals surface area contributed by atoms with Crippen molar-refractivity contribution in [1.29, 1.82) is 0 Å². The first-order valence-corrected chi connectivity index (χ1v) is 10.9. The largest absolute Gasteiger partial charge is 0.508 e. The van der Waals surface area contributed by atoms with E-state index in [0.29, 0.717) is 56.9 Å². The van der Waals surface area contributed by atoms with Crippen LogP contribution in [-0.2, 0) is 9.47 Å². The second kappa shape index (κ2) is 8.67. The van der Waals surface area contributed by atoms with Crippen LogP contribution in [0.5, 0.6) is 5.75 Å². The molecule has 2 aromatic heterocycles. The number of rotatable bonds is 4. The van der Waals surface area contributed by atoms with Crippen LogP contribution < -0.4 is 9.80 Å². The summed E-state index contributed by atoms with van der Waals surface area (Å²) in [5.74, 6) is 0.283. The highest BCUT2D eigenvalue weighted by Crippen LogP contribution is 2.30. The topological polar surface area (TPSA) is 102 Å². The Hall–Kier alpha value is -3.12. The molecule has 2 fully saturated rings. The molecule has 0 amide bonds. The molecule has 2 aliphatic heterocycles. The number of morpholine rings is 2. The zero-order chi connectivity index (χ0) is 23.1. The standard InChI is InChI=1S/C21H25F2N7O3/c1-12-13(2)33-10-7-29(12)20-25-19(28-5-8-32-9-6-28)26-21(27-20)30-16-4-3-14(31)11-15(16)24-18(30)17(22)23/h3-4,11-13,17,31H,5-10H2,1-2H3/t12-,13+/m0/s1. The number of aromatic nitrogens is 5. The average Bonchev–Trinajstić information content (AvgIpc) is 3.20. The summed E-state index contributed by atoms with van der Waals surface area (Å²) in [6.45, 7) is 7.28. The molecule has 2 saturated heterocycles. The molecule has 10 nitrogen and oxygen atoms in total. The van der Waals surface area contributed by atoms with E-state index in [1.807, 2.05) is 23.6 Å². The molecular weight excluding hydrogens is 436 g/mol. The second-order valence-corrected chi connectivity index (χ2v) is 8.12. The number of ether oxygens (including phenoxy) is 2. The highest BCUT2D eigenvalue weighted by Gasteiger charge is 2.30. The molecule has 0 bridgehead atoms. The maximum absolute atomic E-state index is 14.0. The van der Waals surface area contributed by atoms with Crippen LogP contribution in [-0.4, -0.2) is 81.2 Å². The molecule has 0 spiro atoms. The van der Waals surface area contributed by atoms with Crippen molar-refractivity contribution in [3.8, 4) is 11.7 Å². The Labute approximate surface area is 188 Å². The number of benzene rings is 1. The molecule has 4 heterocycles. The quantitative estimate of drug-likeness (QED) is 0.627. The van der Waals surface area contributed by atoms with Crippen molar-refractivity contribution in [1.82, 2.24) is 24.5 Å². The van der Waals surface area contributed by atoms with E-state index in [4.69, 9.17) is 14.5 Å². The fraction of sp³-hybridized carbons (Fsp3) is 0.524. The Morgan fingerprint density at radius 1 is 0.970 bits per heavy atom. The summed E-state index contributed by atoms with van der Waals surface area (Å²) in [6, 6.07) is 4.28. The fourth-order valence-electron chi connectivity index (χ4n) is 4.14. The molecule has 33 heavy (non-hydrogen) atoms. The maximum atomic E-state index is 14.0. The smallest absolute Gasteiger partial charge is 0.296 e. The van der Waals surface area contributed by atoms with E-state index in [-0.39, 0.29) is 29.4 Å². The van der Waals surface area contributed by atoms with E-state index >= 15 is 0 Å². The van der Waals surface area contributed by atoms with Crippen LogP contribution in [0.25, 0.3) is 17.0 Å². The third-order valence-electron chi connectivity index (χ3n) is 6.09. The predicted molar refractivity (Wildman–Crippen MR) is 116 cm³/mol. The van der Waals surface area contributed by atoms with E-state index in [0.717, 1.165) is 0 Å². The number of halogens is 2. The van der Waals surface area contributed by atoms with Crippen molar-refractivity contribution in [2.45, 2.75) is 32.4 Å². The fourth-order valence-corrected chi connectivity index (χ4v) is 4.14. The summed E-state index contributed by atoms with van der Waals surface area (Å²) < 4.78 is 40.4. The molecule has 2 atom stereocenters. The highest BCUT2D eigenvalue weighted by molar-refractivity contribution is 5.79. The van der Waals surface area contributed by atoms with Gasteiger partial charge in [0, 0.05) is 25.7 Å². The number of hydrogen-bond donors (Lipinski definition) is 1. The van der Waals surface area contributed by atoms with Gasteiger partial charge in [0.15, 0.2) is 5.82 Å². The minimum absolute atomic E-state index is 0.0161. The first-order chi connectivity index (χ1) is 15.9. The molecule has 176 valence electrons. The van der Waals surface area contributed by atoms with Gasteiger partial charge in [0.05, 0.1) is 43.0 Å². The van der Waals surface area contributed by atoms with E-state index in [1.165, 1.54) is 22.8 Å². The first-order valence-electron chi connectivity index (χ1n) is 10.9. The van der Waals surface area contributed by atoms with Crippen molar-refractivity contribution in [3.63, 3.8) is 0 Å². The molecule has 5 rings (SSSR count). The zero-order valence-electron chi connectivity index (χ0n) is 18.4. The Morgan fingerprint density at radius 3 is 2.45 bits per heavy atom. The van der Waals surface area contributed by atoms with Crippen molar-refractivity contribution in [2.24, 2.45) is 0 Å². The van der Waals surface area contributed by atoms with E-state index < -0.39 is 12.2 Å². The van der Waals surface area contributed by atoms with Crippen LogP contribution in [0.4, 0.5) is 20.7 Å². The monoisotopic (exact) mass is 461 g/mol. The van der Waals surface area contributed by atoms with Crippen LogP contribution in [0.2, 0.25) is 0 Å². The number of imidazole rings is 1. The molecule has 3 aromatic rings. The number of fused-ring (bicyclic) bond motifs is 1. The number of phenols is 1. The van der Waals surface area contributed by atoms with E-state index in [2.05, 4.69) is 15.0 Å². The lowest BCUT2D eigenvalue weighted by atomic mass is 10.1. The van der Waals surface area contributed by atoms with Gasteiger partial charge in [0.2, 0.25) is 17.8 Å². The number of phenolic OH excluding ortho intramolecular Hbond substituents is 1. The van der Waals surface area contributed by atoms with Crippen LogP contribution in [0.15, 0.2) is 18.2 Å². The van der Waals surface area contributed by atoms with Gasteiger partial charge in [-0.15, -0.1) is 0 Å². The van der Waals surface area contributed by atoms with Crippen LogP contribution in [0.1, 0.15) is 26.1 Å². The Kier molecular flexibility index (Phi) is 5.71. The van der Waals surface area contributed by atoms with Gasteiger partial charge < -0.3 is 24.4 Å². The maximum Gasteiger partial charge on any atom is 0.296 e. The zero-order valence-corrected chi connectivity index (χ0v) is 18.4. The Bertz CT molecular complexity index is 1150. The molecule has 0 saturated carbocycles. The number of anilines is 2. The SMILES string of the molecule is C[C@H]1OCCN(c2nc(N3CCOCC3)nc(-n3c(C(F)F)nc4cc(O)ccc43)n2)[C@H]1C. The number of alkyl halides is 2. The highest BCUT2D eigenvalue weighted by atomic mass is 19.3. The van der Waals surface area contributed by atoms with Crippen molar-refractivity contribution in [2.75, 3.05) is 49.3 Å². The molecule has 1 aromatic carbocycles. The van der Waals surface area contributed by atoms with Crippen LogP contribution in [0.3, 0.4) is 0 Å². The van der Waals surface area contributed by atoms with Crippen LogP contribution in [0, 0.1) is 0 Å². The summed E-state index contributed by atoms with van der Waals surface area (Å²) >= 11 is 0. The predicted octanol–water partition coefficient (Wildman–Crippen LogP) is 2.30. The normalized spacial score (nSPS) is 21.8. The molecule has 0 unspecified atom stereocenters. The average molecular weight is 461 g/mol. The summed E-state index contributed by atoms with van der Waals surface area (Å²) in [6.07, 6.45) is -2.91. The molecule has 0 aliphatic carbocycles. The number of nitrogens with zero attached hydrogens (tertiary/aromatic N) is 7. The minimum atomic E-state index is -2.87.